The first-order valence-electron chi connectivity index (χ1n) is 6.66. The number of fused-ring (bicyclic) bond motifs is 1. The van der Waals surface area contributed by atoms with E-state index >= 15 is 0 Å². The minimum absolute atomic E-state index is 0.0901. The monoisotopic (exact) mass is 311 g/mol. The van der Waals surface area contributed by atoms with Gasteiger partial charge in [0.2, 0.25) is 5.91 Å². The molecule has 2 aromatic rings. The Kier molecular flexibility index (Phi) is 4.83. The largest absolute Gasteiger partial charge is 0.350 e. The summed E-state index contributed by atoms with van der Waals surface area (Å²) in [6, 6.07) is 5.33. The molecule has 108 valence electrons. The highest BCUT2D eigenvalue weighted by Crippen LogP contribution is 2.28. The molecule has 1 N–H and O–H groups in total. The van der Waals surface area contributed by atoms with E-state index in [0.29, 0.717) is 5.02 Å². The average molecular weight is 312 g/mol. The van der Waals surface area contributed by atoms with Crippen molar-refractivity contribution in [2.75, 3.05) is 18.4 Å². The van der Waals surface area contributed by atoms with Crippen LogP contribution in [0.15, 0.2) is 18.2 Å². The topological polar surface area (TPSA) is 45.2 Å². The minimum atomic E-state index is -0.286. The van der Waals surface area contributed by atoms with Crippen molar-refractivity contribution in [1.82, 2.24) is 9.88 Å². The second kappa shape index (κ2) is 6.41. The molecule has 0 aliphatic carbocycles. The van der Waals surface area contributed by atoms with Gasteiger partial charge in [-0.2, -0.15) is 0 Å². The Morgan fingerprint density at radius 2 is 2.15 bits per heavy atom. The highest BCUT2D eigenvalue weighted by atomic mass is 35.5. The number of halogens is 1. The van der Waals surface area contributed by atoms with E-state index in [1.165, 1.54) is 11.3 Å². The molecule has 0 saturated heterocycles. The van der Waals surface area contributed by atoms with Crippen LogP contribution in [0.25, 0.3) is 10.2 Å². The predicted molar refractivity (Wildman–Crippen MR) is 85.6 cm³/mol. The van der Waals surface area contributed by atoms with E-state index in [1.807, 2.05) is 43.9 Å². The summed E-state index contributed by atoms with van der Waals surface area (Å²) >= 11 is 7.47. The van der Waals surface area contributed by atoms with E-state index in [0.717, 1.165) is 28.4 Å². The van der Waals surface area contributed by atoms with Gasteiger partial charge < -0.3 is 10.2 Å². The highest BCUT2D eigenvalue weighted by Gasteiger charge is 2.19. The first-order chi connectivity index (χ1) is 9.55. The Morgan fingerprint density at radius 1 is 1.45 bits per heavy atom. The predicted octanol–water partition coefficient (Wildman–Crippen LogP) is 3.62. The van der Waals surface area contributed by atoms with Crippen LogP contribution in [0.4, 0.5) is 5.13 Å². The Bertz CT molecular complexity index is 609. The Labute approximate surface area is 127 Å². The fraction of sp³-hybridized carbons (Fsp3) is 0.429. The molecular formula is C14H18ClN3OS. The molecule has 0 saturated carbocycles. The van der Waals surface area contributed by atoms with Crippen LogP contribution in [-0.2, 0) is 4.79 Å². The maximum absolute atomic E-state index is 12.2. The van der Waals surface area contributed by atoms with Gasteiger partial charge >= 0.3 is 0 Å². The van der Waals surface area contributed by atoms with Crippen LogP contribution < -0.4 is 5.32 Å². The van der Waals surface area contributed by atoms with Gasteiger partial charge in [0.15, 0.2) is 5.13 Å². The fourth-order valence-electron chi connectivity index (χ4n) is 2.02. The molecule has 1 aromatic heterocycles. The molecule has 1 amide bonds. The van der Waals surface area contributed by atoms with Crippen LogP contribution in [0, 0.1) is 0 Å². The molecule has 2 rings (SSSR count). The van der Waals surface area contributed by atoms with Gasteiger partial charge in [-0.3, -0.25) is 4.79 Å². The Balaban J connectivity index is 2.13. The first kappa shape index (κ1) is 15.1. The van der Waals surface area contributed by atoms with E-state index in [-0.39, 0.29) is 11.9 Å². The zero-order valence-electron chi connectivity index (χ0n) is 11.8. The van der Waals surface area contributed by atoms with Crippen molar-refractivity contribution in [3.8, 4) is 0 Å². The van der Waals surface area contributed by atoms with Crippen LogP contribution in [0.2, 0.25) is 5.02 Å². The number of rotatable bonds is 5. The van der Waals surface area contributed by atoms with Crippen molar-refractivity contribution in [3.63, 3.8) is 0 Å². The first-order valence-corrected chi connectivity index (χ1v) is 7.86. The van der Waals surface area contributed by atoms with Crippen molar-refractivity contribution in [2.45, 2.75) is 26.8 Å². The number of hydrogen-bond donors (Lipinski definition) is 1. The maximum Gasteiger partial charge on any atom is 0.244 e. The number of nitrogens with zero attached hydrogens (tertiary/aromatic N) is 2. The number of nitrogens with one attached hydrogen (secondary N) is 1. The number of thiazole rings is 1. The van der Waals surface area contributed by atoms with Crippen LogP contribution in [0.1, 0.15) is 20.8 Å². The average Bonchev–Trinajstić information content (AvgIpc) is 2.81. The van der Waals surface area contributed by atoms with Crippen molar-refractivity contribution in [2.24, 2.45) is 0 Å². The third-order valence-electron chi connectivity index (χ3n) is 3.14. The second-order valence-electron chi connectivity index (χ2n) is 4.51. The quantitative estimate of drug-likeness (QED) is 0.917. The van der Waals surface area contributed by atoms with Crippen LogP contribution >= 0.6 is 22.9 Å². The van der Waals surface area contributed by atoms with Crippen molar-refractivity contribution < 1.29 is 4.79 Å². The smallest absolute Gasteiger partial charge is 0.244 e. The van der Waals surface area contributed by atoms with E-state index in [4.69, 9.17) is 11.6 Å². The minimum Gasteiger partial charge on any atom is -0.350 e. The van der Waals surface area contributed by atoms with Gasteiger partial charge in [-0.1, -0.05) is 22.9 Å². The second-order valence-corrected chi connectivity index (χ2v) is 5.97. The summed E-state index contributed by atoms with van der Waals surface area (Å²) < 4.78 is 1.05. The summed E-state index contributed by atoms with van der Waals surface area (Å²) in [6.45, 7) is 7.26. The molecule has 1 aromatic carbocycles. The number of carbonyl (C=O) groups excluding carboxylic acids is 1. The summed E-state index contributed by atoms with van der Waals surface area (Å²) in [5.74, 6) is 0.0901. The Hall–Kier alpha value is -1.33. The number of benzene rings is 1. The molecule has 0 radical (unpaired) electrons. The maximum atomic E-state index is 12.2. The lowest BCUT2D eigenvalue weighted by molar-refractivity contribution is -0.131. The summed E-state index contributed by atoms with van der Waals surface area (Å²) in [5.41, 5.74) is 0.854. The number of hydrogen-bond acceptors (Lipinski definition) is 4. The number of carbonyl (C=O) groups is 1. The molecule has 1 unspecified atom stereocenters. The summed E-state index contributed by atoms with van der Waals surface area (Å²) in [4.78, 5) is 18.5. The number of amides is 1. The third kappa shape index (κ3) is 3.22. The molecule has 0 bridgehead atoms. The van der Waals surface area contributed by atoms with Gasteiger partial charge in [-0.05, 0) is 39.0 Å². The van der Waals surface area contributed by atoms with Gasteiger partial charge in [-0.25, -0.2) is 4.98 Å². The summed E-state index contributed by atoms with van der Waals surface area (Å²) in [6.07, 6.45) is 0. The van der Waals surface area contributed by atoms with Crippen LogP contribution in [-0.4, -0.2) is 34.9 Å². The summed E-state index contributed by atoms with van der Waals surface area (Å²) in [7, 11) is 0. The molecule has 4 nitrogen and oxygen atoms in total. The van der Waals surface area contributed by atoms with Gasteiger partial charge in [0.05, 0.1) is 10.2 Å². The van der Waals surface area contributed by atoms with Crippen molar-refractivity contribution >= 4 is 44.2 Å². The number of likely N-dealkylation sites (N-methyl/N-ethyl adjacent to an activating group) is 1. The van der Waals surface area contributed by atoms with Crippen molar-refractivity contribution in [3.05, 3.63) is 23.2 Å². The van der Waals surface area contributed by atoms with E-state index in [2.05, 4.69) is 10.3 Å². The molecular weight excluding hydrogens is 294 g/mol. The lowest BCUT2D eigenvalue weighted by atomic mass is 10.3. The van der Waals surface area contributed by atoms with Gasteiger partial charge in [0.25, 0.3) is 0 Å². The highest BCUT2D eigenvalue weighted by molar-refractivity contribution is 7.22. The van der Waals surface area contributed by atoms with E-state index < -0.39 is 0 Å². The van der Waals surface area contributed by atoms with E-state index in [1.54, 1.807) is 0 Å². The molecule has 0 fully saturated rings. The number of aromatic nitrogens is 1. The molecule has 20 heavy (non-hydrogen) atoms. The van der Waals surface area contributed by atoms with Crippen LogP contribution in [0.5, 0.6) is 0 Å². The molecule has 1 atom stereocenters. The molecule has 1 heterocycles. The van der Waals surface area contributed by atoms with Crippen molar-refractivity contribution in [1.29, 1.82) is 0 Å². The lowest BCUT2D eigenvalue weighted by Gasteiger charge is -2.23. The Morgan fingerprint density at radius 3 is 2.80 bits per heavy atom. The molecule has 0 spiro atoms. The van der Waals surface area contributed by atoms with Gasteiger partial charge in [-0.15, -0.1) is 0 Å². The van der Waals surface area contributed by atoms with Gasteiger partial charge in [0.1, 0.15) is 6.04 Å². The van der Waals surface area contributed by atoms with Gasteiger partial charge in [0, 0.05) is 18.1 Å². The zero-order valence-corrected chi connectivity index (χ0v) is 13.4. The molecule has 0 aliphatic rings. The SMILES string of the molecule is CCN(CC)C(=O)C(C)Nc1nc2cc(Cl)ccc2s1. The normalized spacial score (nSPS) is 12.4. The lowest BCUT2D eigenvalue weighted by Crippen LogP contribution is -2.41. The fourth-order valence-corrected chi connectivity index (χ4v) is 3.12. The summed E-state index contributed by atoms with van der Waals surface area (Å²) in [5, 5.41) is 4.59. The third-order valence-corrected chi connectivity index (χ3v) is 4.34. The molecule has 6 heteroatoms. The van der Waals surface area contributed by atoms with E-state index in [9.17, 15) is 4.79 Å². The zero-order chi connectivity index (χ0) is 14.7. The molecule has 0 aliphatic heterocycles. The van der Waals surface area contributed by atoms with Crippen LogP contribution in [0.3, 0.4) is 0 Å². The standard InChI is InChI=1S/C14H18ClN3OS/c1-4-18(5-2)13(19)9(3)16-14-17-11-8-10(15)6-7-12(11)20-14/h6-9H,4-5H2,1-3H3,(H,16,17). The number of anilines is 1.